The van der Waals surface area contributed by atoms with Crippen molar-refractivity contribution in [3.8, 4) is 10.6 Å². The first kappa shape index (κ1) is 18.1. The van der Waals surface area contributed by atoms with Gasteiger partial charge in [0.15, 0.2) is 0 Å². The highest BCUT2D eigenvalue weighted by Gasteiger charge is 2.23. The molecule has 4 aromatic rings. The molecule has 2 aromatic heterocycles. The van der Waals surface area contributed by atoms with Crippen molar-refractivity contribution in [3.63, 3.8) is 0 Å². The molecule has 0 bridgehead atoms. The third-order valence-electron chi connectivity index (χ3n) is 4.41. The summed E-state index contributed by atoms with van der Waals surface area (Å²) < 4.78 is 0. The van der Waals surface area contributed by atoms with Gasteiger partial charge in [0.1, 0.15) is 9.88 Å². The molecule has 2 aromatic carbocycles. The molecule has 4 rings (SSSR count). The highest BCUT2D eigenvalue weighted by atomic mass is 32.1. The summed E-state index contributed by atoms with van der Waals surface area (Å²) in [5.41, 5.74) is 3.66. The van der Waals surface area contributed by atoms with Crippen molar-refractivity contribution in [1.29, 1.82) is 0 Å². The second-order valence-electron chi connectivity index (χ2n) is 6.38. The molecule has 0 saturated heterocycles. The van der Waals surface area contributed by atoms with Crippen LogP contribution in [0.3, 0.4) is 0 Å². The maximum absolute atomic E-state index is 13.5. The molecule has 1 amide bonds. The van der Waals surface area contributed by atoms with Gasteiger partial charge in [-0.05, 0) is 36.8 Å². The van der Waals surface area contributed by atoms with Crippen LogP contribution in [0.1, 0.15) is 20.9 Å². The standard InChI is InChI=1S/C23H19N3OS/c1-17-21(28-22(25-17)19-12-14-24-15-13-19)23(27)26(20-10-6-3-7-11-20)16-18-8-4-2-5-9-18/h2-15H,16H2,1H3. The molecule has 2 heterocycles. The van der Waals surface area contributed by atoms with Crippen LogP contribution < -0.4 is 4.90 Å². The van der Waals surface area contributed by atoms with E-state index >= 15 is 0 Å². The molecule has 0 aliphatic carbocycles. The number of thiazole rings is 1. The zero-order valence-corrected chi connectivity index (χ0v) is 16.3. The molecular formula is C23H19N3OS. The monoisotopic (exact) mass is 385 g/mol. The lowest BCUT2D eigenvalue weighted by Crippen LogP contribution is -2.30. The Morgan fingerprint density at radius 2 is 1.57 bits per heavy atom. The van der Waals surface area contributed by atoms with Crippen molar-refractivity contribution in [1.82, 2.24) is 9.97 Å². The molecule has 138 valence electrons. The van der Waals surface area contributed by atoms with Crippen LogP contribution in [0.25, 0.3) is 10.6 Å². The Hall–Kier alpha value is -3.31. The van der Waals surface area contributed by atoms with Crippen molar-refractivity contribution in [2.75, 3.05) is 4.90 Å². The normalized spacial score (nSPS) is 10.6. The Kier molecular flexibility index (Phi) is 5.26. The van der Waals surface area contributed by atoms with Gasteiger partial charge in [0.05, 0.1) is 12.2 Å². The van der Waals surface area contributed by atoms with Crippen molar-refractivity contribution >= 4 is 22.9 Å². The first-order chi connectivity index (χ1) is 13.7. The van der Waals surface area contributed by atoms with Gasteiger partial charge >= 0.3 is 0 Å². The predicted molar refractivity (Wildman–Crippen MR) is 113 cm³/mol. The highest BCUT2D eigenvalue weighted by Crippen LogP contribution is 2.30. The van der Waals surface area contributed by atoms with Gasteiger partial charge in [-0.25, -0.2) is 4.98 Å². The Morgan fingerprint density at radius 3 is 2.25 bits per heavy atom. The maximum Gasteiger partial charge on any atom is 0.270 e. The summed E-state index contributed by atoms with van der Waals surface area (Å²) in [6.07, 6.45) is 3.47. The predicted octanol–water partition coefficient (Wildman–Crippen LogP) is 5.36. The summed E-state index contributed by atoms with van der Waals surface area (Å²) in [5.74, 6) is -0.0367. The fourth-order valence-corrected chi connectivity index (χ4v) is 4.01. The second kappa shape index (κ2) is 8.15. The Bertz CT molecular complexity index is 1060. The Morgan fingerprint density at radius 1 is 0.929 bits per heavy atom. The molecule has 0 spiro atoms. The van der Waals surface area contributed by atoms with E-state index in [-0.39, 0.29) is 5.91 Å². The number of para-hydroxylation sites is 1. The third-order valence-corrected chi connectivity index (χ3v) is 5.61. The highest BCUT2D eigenvalue weighted by molar-refractivity contribution is 7.17. The number of nitrogens with zero attached hydrogens (tertiary/aromatic N) is 3. The van der Waals surface area contributed by atoms with Crippen molar-refractivity contribution < 1.29 is 4.79 Å². The molecule has 0 radical (unpaired) electrons. The molecule has 0 atom stereocenters. The van der Waals surface area contributed by atoms with Crippen LogP contribution in [-0.2, 0) is 6.54 Å². The number of hydrogen-bond donors (Lipinski definition) is 0. The molecular weight excluding hydrogens is 366 g/mol. The fourth-order valence-electron chi connectivity index (χ4n) is 2.99. The number of aryl methyl sites for hydroxylation is 1. The Balaban J connectivity index is 1.71. The molecule has 0 fully saturated rings. The van der Waals surface area contributed by atoms with E-state index in [9.17, 15) is 4.79 Å². The van der Waals surface area contributed by atoms with Crippen molar-refractivity contribution in [2.45, 2.75) is 13.5 Å². The average Bonchev–Trinajstić information content (AvgIpc) is 3.15. The lowest BCUT2D eigenvalue weighted by Gasteiger charge is -2.22. The minimum Gasteiger partial charge on any atom is -0.303 e. The maximum atomic E-state index is 13.5. The van der Waals surface area contributed by atoms with E-state index in [1.807, 2.05) is 84.6 Å². The topological polar surface area (TPSA) is 46.1 Å². The van der Waals surface area contributed by atoms with Crippen LogP contribution in [0.4, 0.5) is 5.69 Å². The number of pyridine rings is 1. The molecule has 28 heavy (non-hydrogen) atoms. The average molecular weight is 385 g/mol. The number of carbonyl (C=O) groups is 1. The third kappa shape index (κ3) is 3.85. The van der Waals surface area contributed by atoms with Crippen LogP contribution in [0, 0.1) is 6.92 Å². The van der Waals surface area contributed by atoms with Crippen LogP contribution in [0.15, 0.2) is 85.2 Å². The molecule has 5 heteroatoms. The van der Waals surface area contributed by atoms with E-state index < -0.39 is 0 Å². The zero-order valence-electron chi connectivity index (χ0n) is 15.4. The number of anilines is 1. The largest absolute Gasteiger partial charge is 0.303 e. The number of carbonyl (C=O) groups excluding carboxylic acids is 1. The summed E-state index contributed by atoms with van der Waals surface area (Å²) in [6.45, 7) is 2.39. The van der Waals surface area contributed by atoms with Gasteiger partial charge in [0.2, 0.25) is 0 Å². The molecule has 0 unspecified atom stereocenters. The van der Waals surface area contributed by atoms with Gasteiger partial charge in [-0.1, -0.05) is 48.5 Å². The van der Waals surface area contributed by atoms with Gasteiger partial charge < -0.3 is 4.90 Å². The van der Waals surface area contributed by atoms with Gasteiger partial charge in [-0.3, -0.25) is 9.78 Å². The van der Waals surface area contributed by atoms with E-state index in [2.05, 4.69) is 9.97 Å². The van der Waals surface area contributed by atoms with Crippen LogP contribution in [0.5, 0.6) is 0 Å². The van der Waals surface area contributed by atoms with Crippen LogP contribution in [0.2, 0.25) is 0 Å². The molecule has 4 nitrogen and oxygen atoms in total. The minimum absolute atomic E-state index is 0.0367. The first-order valence-corrected chi connectivity index (χ1v) is 9.82. The SMILES string of the molecule is Cc1nc(-c2ccncc2)sc1C(=O)N(Cc1ccccc1)c1ccccc1. The number of aromatic nitrogens is 2. The van der Waals surface area contributed by atoms with E-state index in [4.69, 9.17) is 0 Å². The minimum atomic E-state index is -0.0367. The summed E-state index contributed by atoms with van der Waals surface area (Å²) >= 11 is 1.42. The number of hydrogen-bond acceptors (Lipinski definition) is 4. The van der Waals surface area contributed by atoms with Crippen molar-refractivity contribution in [2.24, 2.45) is 0 Å². The zero-order chi connectivity index (χ0) is 19.3. The van der Waals surface area contributed by atoms with Gasteiger partial charge in [-0.15, -0.1) is 11.3 Å². The molecule has 0 saturated carbocycles. The van der Waals surface area contributed by atoms with Gasteiger partial charge in [-0.2, -0.15) is 0 Å². The van der Waals surface area contributed by atoms with E-state index in [1.165, 1.54) is 11.3 Å². The quantitative estimate of drug-likeness (QED) is 0.464. The lowest BCUT2D eigenvalue weighted by molar-refractivity contribution is 0.0988. The lowest BCUT2D eigenvalue weighted by atomic mass is 10.2. The summed E-state index contributed by atoms with van der Waals surface area (Å²) in [7, 11) is 0. The smallest absolute Gasteiger partial charge is 0.270 e. The fraction of sp³-hybridized carbons (Fsp3) is 0.0870. The Labute approximate surface area is 168 Å². The van der Waals surface area contributed by atoms with E-state index in [0.29, 0.717) is 11.4 Å². The number of amides is 1. The van der Waals surface area contributed by atoms with Gasteiger partial charge in [0, 0.05) is 23.6 Å². The van der Waals surface area contributed by atoms with E-state index in [0.717, 1.165) is 27.5 Å². The van der Waals surface area contributed by atoms with Crippen LogP contribution in [-0.4, -0.2) is 15.9 Å². The number of rotatable bonds is 5. The molecule has 0 aliphatic rings. The van der Waals surface area contributed by atoms with Crippen molar-refractivity contribution in [3.05, 3.63) is 101 Å². The second-order valence-corrected chi connectivity index (χ2v) is 7.38. The number of benzene rings is 2. The summed E-state index contributed by atoms with van der Waals surface area (Å²) in [5, 5.41) is 0.830. The van der Waals surface area contributed by atoms with Gasteiger partial charge in [0.25, 0.3) is 5.91 Å². The van der Waals surface area contributed by atoms with Crippen LogP contribution >= 0.6 is 11.3 Å². The summed E-state index contributed by atoms with van der Waals surface area (Å²) in [6, 6.07) is 23.6. The summed E-state index contributed by atoms with van der Waals surface area (Å²) in [4.78, 5) is 24.6. The van der Waals surface area contributed by atoms with E-state index in [1.54, 1.807) is 12.4 Å². The molecule has 0 aliphatic heterocycles. The first-order valence-electron chi connectivity index (χ1n) is 9.01. The molecule has 0 N–H and O–H groups in total.